The smallest absolute Gasteiger partial charge is 0.255 e. The highest BCUT2D eigenvalue weighted by Gasteiger charge is 2.15. The van der Waals surface area contributed by atoms with Crippen molar-refractivity contribution in [3.05, 3.63) is 103 Å². The van der Waals surface area contributed by atoms with E-state index in [1.54, 1.807) is 66.9 Å². The van der Waals surface area contributed by atoms with Crippen LogP contribution in [-0.2, 0) is 0 Å². The van der Waals surface area contributed by atoms with E-state index in [0.717, 1.165) is 15.2 Å². The van der Waals surface area contributed by atoms with Gasteiger partial charge in [-0.05, 0) is 66.7 Å². The van der Waals surface area contributed by atoms with E-state index in [1.165, 1.54) is 30.2 Å². The molecule has 0 fully saturated rings. The Morgan fingerprint density at radius 2 is 1.71 bits per heavy atom. The number of aromatic nitrogens is 3. The van der Waals surface area contributed by atoms with Crippen molar-refractivity contribution in [2.45, 2.75) is 9.79 Å². The molecule has 2 aromatic heterocycles. The van der Waals surface area contributed by atoms with E-state index < -0.39 is 11.7 Å². The molecule has 0 aliphatic rings. The van der Waals surface area contributed by atoms with Crippen LogP contribution in [0.3, 0.4) is 0 Å². The summed E-state index contributed by atoms with van der Waals surface area (Å²) in [5, 5.41) is 16.2. The third-order valence-electron chi connectivity index (χ3n) is 5.09. The summed E-state index contributed by atoms with van der Waals surface area (Å²) in [6.07, 6.45) is 3.07. The van der Waals surface area contributed by atoms with Gasteiger partial charge >= 0.3 is 0 Å². The lowest BCUT2D eigenvalue weighted by Gasteiger charge is -2.14. The molecule has 0 radical (unpaired) electrons. The van der Waals surface area contributed by atoms with Crippen molar-refractivity contribution >= 4 is 45.9 Å². The number of aromatic hydroxyl groups is 1. The molecule has 0 saturated carbocycles. The monoisotopic (exact) mass is 483 g/mol. The first kappa shape index (κ1) is 22.3. The van der Waals surface area contributed by atoms with Crippen LogP contribution in [0.4, 0.5) is 21.6 Å². The summed E-state index contributed by atoms with van der Waals surface area (Å²) in [5.74, 6) is -0.262. The minimum Gasteiger partial charge on any atom is -0.508 e. The number of hydrogen-bond acceptors (Lipinski definition) is 7. The zero-order chi connectivity index (χ0) is 24.2. The fourth-order valence-electron chi connectivity index (χ4n) is 3.38. The number of amides is 1. The van der Waals surface area contributed by atoms with Crippen LogP contribution >= 0.6 is 11.8 Å². The van der Waals surface area contributed by atoms with E-state index in [0.29, 0.717) is 22.7 Å². The van der Waals surface area contributed by atoms with Crippen LogP contribution in [0.5, 0.6) is 5.75 Å². The van der Waals surface area contributed by atoms with Gasteiger partial charge in [0.25, 0.3) is 5.91 Å². The largest absolute Gasteiger partial charge is 0.508 e. The molecule has 9 heteroatoms. The second-order valence-electron chi connectivity index (χ2n) is 7.46. The zero-order valence-corrected chi connectivity index (χ0v) is 19.0. The number of carbonyl (C=O) groups is 1. The maximum atomic E-state index is 14.0. The van der Waals surface area contributed by atoms with Gasteiger partial charge < -0.3 is 15.7 Å². The molecule has 172 valence electrons. The average molecular weight is 484 g/mol. The van der Waals surface area contributed by atoms with Gasteiger partial charge in [-0.25, -0.2) is 19.3 Å². The molecule has 0 bridgehead atoms. The van der Waals surface area contributed by atoms with Gasteiger partial charge in [-0.3, -0.25) is 4.79 Å². The normalized spacial score (nSPS) is 10.8. The number of hydrogen-bond donors (Lipinski definition) is 3. The van der Waals surface area contributed by atoms with E-state index in [2.05, 4.69) is 25.6 Å². The highest BCUT2D eigenvalue weighted by atomic mass is 32.2. The molecule has 0 unspecified atom stereocenters. The minimum absolute atomic E-state index is 0.0995. The Hall–Kier alpha value is -4.50. The molecular weight excluding hydrogens is 465 g/mol. The summed E-state index contributed by atoms with van der Waals surface area (Å²) in [7, 11) is 0. The number of rotatable bonds is 6. The molecule has 3 aromatic carbocycles. The molecule has 7 nitrogen and oxygen atoms in total. The Kier molecular flexibility index (Phi) is 6.23. The fourth-order valence-corrected chi connectivity index (χ4v) is 4.26. The molecule has 2 heterocycles. The van der Waals surface area contributed by atoms with Crippen LogP contribution in [0.2, 0.25) is 0 Å². The number of fused-ring (bicyclic) bond motifs is 1. The number of anilines is 3. The molecule has 0 aliphatic carbocycles. The first-order valence-corrected chi connectivity index (χ1v) is 11.4. The van der Waals surface area contributed by atoms with Gasteiger partial charge in [0.2, 0.25) is 0 Å². The van der Waals surface area contributed by atoms with E-state index >= 15 is 0 Å². The van der Waals surface area contributed by atoms with Gasteiger partial charge in [0.15, 0.2) is 5.65 Å². The van der Waals surface area contributed by atoms with Gasteiger partial charge in [-0.1, -0.05) is 23.9 Å². The van der Waals surface area contributed by atoms with Crippen molar-refractivity contribution in [1.29, 1.82) is 0 Å². The van der Waals surface area contributed by atoms with Gasteiger partial charge in [0, 0.05) is 21.6 Å². The van der Waals surface area contributed by atoms with Crippen LogP contribution in [0.1, 0.15) is 10.4 Å². The van der Waals surface area contributed by atoms with E-state index in [1.807, 2.05) is 6.07 Å². The molecule has 3 N–H and O–H groups in total. The van der Waals surface area contributed by atoms with Crippen LogP contribution in [-0.4, -0.2) is 26.0 Å². The molecule has 0 aliphatic heterocycles. The first-order valence-electron chi connectivity index (χ1n) is 10.6. The molecule has 0 spiro atoms. The number of pyridine rings is 1. The number of phenols is 1. The Labute approximate surface area is 204 Å². The molecule has 5 rings (SSSR count). The second kappa shape index (κ2) is 9.78. The zero-order valence-electron chi connectivity index (χ0n) is 18.1. The van der Waals surface area contributed by atoms with Gasteiger partial charge in [0.1, 0.15) is 23.7 Å². The van der Waals surface area contributed by atoms with Crippen molar-refractivity contribution in [1.82, 2.24) is 15.0 Å². The van der Waals surface area contributed by atoms with Crippen LogP contribution in [0.25, 0.3) is 11.0 Å². The van der Waals surface area contributed by atoms with Gasteiger partial charge in [0.05, 0.1) is 16.8 Å². The standard InChI is InChI=1S/C26H18FN5O2S/c27-20-5-1-2-6-21(20)32-26(34)16-7-12-23(35-18-10-8-17(33)9-11-18)22(14-16)31-25-19-4-3-13-28-24(19)29-15-30-25/h1-15,33H,(H,32,34)(H,28,29,30,31). The molecule has 1 amide bonds. The van der Waals surface area contributed by atoms with Crippen molar-refractivity contribution < 1.29 is 14.3 Å². The number of benzene rings is 3. The summed E-state index contributed by atoms with van der Waals surface area (Å²) in [5.41, 5.74) is 1.59. The van der Waals surface area contributed by atoms with Gasteiger partial charge in [-0.15, -0.1) is 0 Å². The van der Waals surface area contributed by atoms with Crippen LogP contribution in [0.15, 0.2) is 101 Å². The quantitative estimate of drug-likeness (QED) is 0.272. The van der Waals surface area contributed by atoms with Crippen molar-refractivity contribution in [2.24, 2.45) is 0 Å². The van der Waals surface area contributed by atoms with E-state index in [9.17, 15) is 14.3 Å². The molecule has 35 heavy (non-hydrogen) atoms. The number of nitrogens with zero attached hydrogens (tertiary/aromatic N) is 3. The summed E-state index contributed by atoms with van der Waals surface area (Å²) >= 11 is 1.45. The van der Waals surface area contributed by atoms with Crippen LogP contribution < -0.4 is 10.6 Å². The lowest BCUT2D eigenvalue weighted by atomic mass is 10.1. The van der Waals surface area contributed by atoms with E-state index in [4.69, 9.17) is 0 Å². The SMILES string of the molecule is O=C(Nc1ccccc1F)c1ccc(Sc2ccc(O)cc2)c(Nc2ncnc3ncccc23)c1. The number of phenolic OH excluding ortho intramolecular Hbond substituents is 1. The van der Waals surface area contributed by atoms with Crippen molar-refractivity contribution in [2.75, 3.05) is 10.6 Å². The minimum atomic E-state index is -0.515. The first-order chi connectivity index (χ1) is 17.1. The number of para-hydroxylation sites is 1. The molecule has 5 aromatic rings. The number of nitrogens with one attached hydrogen (secondary N) is 2. The summed E-state index contributed by atoms with van der Waals surface area (Å²) in [4.78, 5) is 27.4. The highest BCUT2D eigenvalue weighted by molar-refractivity contribution is 7.99. The highest BCUT2D eigenvalue weighted by Crippen LogP contribution is 2.37. The Bertz CT molecular complexity index is 1520. The summed E-state index contributed by atoms with van der Waals surface area (Å²) < 4.78 is 14.0. The van der Waals surface area contributed by atoms with Crippen LogP contribution in [0, 0.1) is 5.82 Å². The summed E-state index contributed by atoms with van der Waals surface area (Å²) in [6, 6.07) is 21.6. The Morgan fingerprint density at radius 1 is 0.886 bits per heavy atom. The number of halogens is 1. The third-order valence-corrected chi connectivity index (χ3v) is 6.17. The molecular formula is C26H18FN5O2S. The van der Waals surface area contributed by atoms with Crippen molar-refractivity contribution in [3.8, 4) is 5.75 Å². The molecule has 0 saturated heterocycles. The van der Waals surface area contributed by atoms with Crippen molar-refractivity contribution in [3.63, 3.8) is 0 Å². The predicted molar refractivity (Wildman–Crippen MR) is 134 cm³/mol. The average Bonchev–Trinajstić information content (AvgIpc) is 2.88. The Morgan fingerprint density at radius 3 is 2.54 bits per heavy atom. The lowest BCUT2D eigenvalue weighted by Crippen LogP contribution is -2.13. The lowest BCUT2D eigenvalue weighted by molar-refractivity contribution is 0.102. The predicted octanol–water partition coefficient (Wildman–Crippen LogP) is 6.02. The maximum absolute atomic E-state index is 14.0. The maximum Gasteiger partial charge on any atom is 0.255 e. The topological polar surface area (TPSA) is 100 Å². The molecule has 0 atom stereocenters. The fraction of sp³-hybridized carbons (Fsp3) is 0. The van der Waals surface area contributed by atoms with E-state index in [-0.39, 0.29) is 11.4 Å². The third kappa shape index (κ3) is 5.04. The summed E-state index contributed by atoms with van der Waals surface area (Å²) in [6.45, 7) is 0. The second-order valence-corrected chi connectivity index (χ2v) is 8.58. The van der Waals surface area contributed by atoms with Gasteiger partial charge in [-0.2, -0.15) is 0 Å². The number of carbonyl (C=O) groups excluding carboxylic acids is 1. The Balaban J connectivity index is 1.52.